The molecule has 11 heteroatoms. The van der Waals surface area contributed by atoms with Crippen LogP contribution in [0.4, 0.5) is 17.3 Å². The average molecular weight is 438 g/mol. The number of carbonyl (C=O) groups is 3. The molecule has 0 saturated heterocycles. The van der Waals surface area contributed by atoms with Gasteiger partial charge in [-0.05, 0) is 25.1 Å². The minimum absolute atomic E-state index is 0.0183. The minimum atomic E-state index is -0.904. The van der Waals surface area contributed by atoms with E-state index in [4.69, 9.17) is 9.26 Å². The third kappa shape index (κ3) is 4.95. The molecular formula is C21H18N4O7. The molecule has 0 aliphatic carbocycles. The molecule has 0 atom stereocenters. The van der Waals surface area contributed by atoms with Crippen LogP contribution < -0.4 is 10.6 Å². The summed E-state index contributed by atoms with van der Waals surface area (Å²) in [5.41, 5.74) is 0.448. The fourth-order valence-corrected chi connectivity index (χ4v) is 2.85. The summed E-state index contributed by atoms with van der Waals surface area (Å²) in [6.07, 6.45) is 0. The fourth-order valence-electron chi connectivity index (χ4n) is 2.85. The van der Waals surface area contributed by atoms with Crippen LogP contribution in [-0.2, 0) is 9.53 Å². The Hall–Kier alpha value is -4.54. The number of hydrogen-bond donors (Lipinski definition) is 2. The Morgan fingerprint density at radius 1 is 1.12 bits per heavy atom. The van der Waals surface area contributed by atoms with Gasteiger partial charge in [-0.3, -0.25) is 25.0 Å². The van der Waals surface area contributed by atoms with E-state index in [9.17, 15) is 24.5 Å². The van der Waals surface area contributed by atoms with Gasteiger partial charge in [0, 0.05) is 30.3 Å². The maximum Gasteiger partial charge on any atom is 0.339 e. The standard InChI is InChI=1S/C21H18N4O7/c1-12-9-19(32-24-12)23-18(26)11-31-21(28)15-6-4-3-5-14(15)20(27)13-7-8-16(22-2)17(10-13)25(29)30/h3-10,22H,11H2,1-2H3,(H,23,26). The first-order valence-electron chi connectivity index (χ1n) is 9.30. The van der Waals surface area contributed by atoms with Crippen LogP contribution in [0.15, 0.2) is 53.1 Å². The number of ether oxygens (including phenoxy) is 1. The maximum absolute atomic E-state index is 13.0. The summed E-state index contributed by atoms with van der Waals surface area (Å²) >= 11 is 0. The van der Waals surface area contributed by atoms with Crippen LogP contribution in [0.5, 0.6) is 0 Å². The SMILES string of the molecule is CNc1ccc(C(=O)c2ccccc2C(=O)OCC(=O)Nc2cc(C)no2)cc1[N+](=O)[O-]. The average Bonchev–Trinajstić information content (AvgIpc) is 3.20. The van der Waals surface area contributed by atoms with Crippen LogP contribution >= 0.6 is 0 Å². The van der Waals surface area contributed by atoms with E-state index in [1.165, 1.54) is 43.4 Å². The molecule has 0 saturated carbocycles. The van der Waals surface area contributed by atoms with E-state index in [-0.39, 0.29) is 33.9 Å². The Kier molecular flexibility index (Phi) is 6.59. The summed E-state index contributed by atoms with van der Waals surface area (Å²) in [5, 5.41) is 20.0. The van der Waals surface area contributed by atoms with E-state index in [1.54, 1.807) is 13.0 Å². The first-order valence-corrected chi connectivity index (χ1v) is 9.30. The first-order chi connectivity index (χ1) is 15.3. The third-order valence-electron chi connectivity index (χ3n) is 4.34. The van der Waals surface area contributed by atoms with Crippen molar-refractivity contribution in [3.8, 4) is 0 Å². The number of hydrogen-bond acceptors (Lipinski definition) is 9. The zero-order chi connectivity index (χ0) is 23.3. The second-order valence-electron chi connectivity index (χ2n) is 6.57. The van der Waals surface area contributed by atoms with Crippen molar-refractivity contribution >= 4 is 34.9 Å². The predicted octanol–water partition coefficient (Wildman–Crippen LogP) is 2.96. The zero-order valence-electron chi connectivity index (χ0n) is 17.1. The van der Waals surface area contributed by atoms with Crippen molar-refractivity contribution in [3.05, 3.63) is 81.0 Å². The lowest BCUT2D eigenvalue weighted by Crippen LogP contribution is -2.21. The molecular weight excluding hydrogens is 420 g/mol. The molecule has 0 spiro atoms. The number of nitro benzene ring substituents is 1. The molecule has 0 bridgehead atoms. The second-order valence-corrected chi connectivity index (χ2v) is 6.57. The van der Waals surface area contributed by atoms with Crippen molar-refractivity contribution in [2.24, 2.45) is 0 Å². The quantitative estimate of drug-likeness (QED) is 0.234. The number of aromatic nitrogens is 1. The Balaban J connectivity index is 1.77. The lowest BCUT2D eigenvalue weighted by molar-refractivity contribution is -0.384. The van der Waals surface area contributed by atoms with Crippen molar-refractivity contribution in [1.82, 2.24) is 5.16 Å². The number of nitro groups is 1. The fraction of sp³-hybridized carbons (Fsp3) is 0.143. The van der Waals surface area contributed by atoms with E-state index in [0.29, 0.717) is 5.69 Å². The van der Waals surface area contributed by atoms with E-state index in [2.05, 4.69) is 15.8 Å². The van der Waals surface area contributed by atoms with Crippen molar-refractivity contribution in [2.75, 3.05) is 24.3 Å². The van der Waals surface area contributed by atoms with E-state index < -0.39 is 29.2 Å². The molecule has 3 rings (SSSR count). The van der Waals surface area contributed by atoms with Gasteiger partial charge in [-0.1, -0.05) is 23.4 Å². The second kappa shape index (κ2) is 9.51. The summed E-state index contributed by atoms with van der Waals surface area (Å²) in [5.74, 6) is -2.06. The van der Waals surface area contributed by atoms with Crippen LogP contribution in [-0.4, -0.2) is 41.4 Å². The van der Waals surface area contributed by atoms with Crippen molar-refractivity contribution < 1.29 is 28.6 Å². The van der Waals surface area contributed by atoms with Gasteiger partial charge in [-0.2, -0.15) is 0 Å². The molecule has 0 fully saturated rings. The predicted molar refractivity (Wildman–Crippen MR) is 113 cm³/mol. The van der Waals surface area contributed by atoms with Crippen LogP contribution in [0.2, 0.25) is 0 Å². The zero-order valence-corrected chi connectivity index (χ0v) is 17.1. The number of carbonyl (C=O) groups excluding carboxylic acids is 3. The summed E-state index contributed by atoms with van der Waals surface area (Å²) in [4.78, 5) is 48.1. The van der Waals surface area contributed by atoms with Gasteiger partial charge in [0.15, 0.2) is 12.4 Å². The van der Waals surface area contributed by atoms with Crippen LogP contribution in [0.1, 0.15) is 32.0 Å². The van der Waals surface area contributed by atoms with Gasteiger partial charge in [-0.25, -0.2) is 4.79 Å². The Labute approximate surface area is 181 Å². The smallest absolute Gasteiger partial charge is 0.339 e. The molecule has 0 aliphatic heterocycles. The molecule has 1 heterocycles. The molecule has 1 aromatic heterocycles. The lowest BCUT2D eigenvalue weighted by atomic mass is 9.97. The Morgan fingerprint density at radius 3 is 2.47 bits per heavy atom. The molecule has 164 valence electrons. The molecule has 3 aromatic rings. The van der Waals surface area contributed by atoms with E-state index in [0.717, 1.165) is 6.07 Å². The minimum Gasteiger partial charge on any atom is -0.452 e. The van der Waals surface area contributed by atoms with E-state index in [1.807, 2.05) is 0 Å². The summed E-state index contributed by atoms with van der Waals surface area (Å²) in [7, 11) is 1.52. The number of rotatable bonds is 8. The summed E-state index contributed by atoms with van der Waals surface area (Å²) in [6.45, 7) is 1.05. The highest BCUT2D eigenvalue weighted by molar-refractivity contribution is 6.15. The van der Waals surface area contributed by atoms with Gasteiger partial charge >= 0.3 is 5.97 Å². The number of ketones is 1. The molecule has 0 aliphatic rings. The normalized spacial score (nSPS) is 10.3. The Morgan fingerprint density at radius 2 is 1.84 bits per heavy atom. The number of nitrogens with zero attached hydrogens (tertiary/aromatic N) is 2. The van der Waals surface area contributed by atoms with Crippen LogP contribution in [0.25, 0.3) is 0 Å². The van der Waals surface area contributed by atoms with Gasteiger partial charge in [0.2, 0.25) is 5.88 Å². The number of esters is 1. The Bertz CT molecular complexity index is 1200. The number of aryl methyl sites for hydroxylation is 1. The number of amides is 1. The monoisotopic (exact) mass is 438 g/mol. The van der Waals surface area contributed by atoms with Crippen LogP contribution in [0.3, 0.4) is 0 Å². The van der Waals surface area contributed by atoms with Gasteiger partial charge in [0.05, 0.1) is 16.2 Å². The summed E-state index contributed by atoms with van der Waals surface area (Å²) in [6, 6.07) is 11.3. The number of nitrogens with one attached hydrogen (secondary N) is 2. The molecule has 2 N–H and O–H groups in total. The molecule has 11 nitrogen and oxygen atoms in total. The largest absolute Gasteiger partial charge is 0.452 e. The molecule has 1 amide bonds. The first kappa shape index (κ1) is 22.2. The van der Waals surface area contributed by atoms with Crippen LogP contribution in [0, 0.1) is 17.0 Å². The molecule has 2 aromatic carbocycles. The number of benzene rings is 2. The van der Waals surface area contributed by atoms with Gasteiger partial charge < -0.3 is 14.6 Å². The highest BCUT2D eigenvalue weighted by Gasteiger charge is 2.23. The van der Waals surface area contributed by atoms with Gasteiger partial charge in [-0.15, -0.1) is 0 Å². The van der Waals surface area contributed by atoms with Crippen molar-refractivity contribution in [2.45, 2.75) is 6.92 Å². The topological polar surface area (TPSA) is 154 Å². The van der Waals surface area contributed by atoms with Gasteiger partial charge in [0.1, 0.15) is 5.69 Å². The maximum atomic E-state index is 13.0. The highest BCUT2D eigenvalue weighted by atomic mass is 16.6. The van der Waals surface area contributed by atoms with Crippen molar-refractivity contribution in [1.29, 1.82) is 0 Å². The molecule has 32 heavy (non-hydrogen) atoms. The summed E-state index contributed by atoms with van der Waals surface area (Å²) < 4.78 is 9.86. The third-order valence-corrected chi connectivity index (χ3v) is 4.34. The molecule has 0 unspecified atom stereocenters. The van der Waals surface area contributed by atoms with Gasteiger partial charge in [0.25, 0.3) is 11.6 Å². The van der Waals surface area contributed by atoms with E-state index >= 15 is 0 Å². The number of anilines is 2. The van der Waals surface area contributed by atoms with Crippen molar-refractivity contribution in [3.63, 3.8) is 0 Å². The lowest BCUT2D eigenvalue weighted by Gasteiger charge is -2.10. The highest BCUT2D eigenvalue weighted by Crippen LogP contribution is 2.27. The molecule has 0 radical (unpaired) electrons.